The molecule has 6 heteroatoms. The molecule has 2 rings (SSSR count). The van der Waals surface area contributed by atoms with Gasteiger partial charge in [-0.15, -0.1) is 0 Å². The van der Waals surface area contributed by atoms with Crippen LogP contribution in [0, 0.1) is 17.2 Å². The number of pyridine rings is 1. The van der Waals surface area contributed by atoms with Crippen LogP contribution >= 0.6 is 0 Å². The van der Waals surface area contributed by atoms with Crippen LogP contribution in [0.2, 0.25) is 0 Å². The number of aromatic nitrogens is 1. The first-order chi connectivity index (χ1) is 13.1. The lowest BCUT2D eigenvalue weighted by Crippen LogP contribution is -2.31. The van der Waals surface area contributed by atoms with Crippen molar-refractivity contribution in [3.8, 4) is 0 Å². The number of rotatable bonds is 10. The summed E-state index contributed by atoms with van der Waals surface area (Å²) in [7, 11) is 0. The molecule has 0 radical (unpaired) electrons. The lowest BCUT2D eigenvalue weighted by molar-refractivity contribution is 0.00356. The second kappa shape index (κ2) is 9.13. The van der Waals surface area contributed by atoms with Crippen LogP contribution in [0.3, 0.4) is 0 Å². The van der Waals surface area contributed by atoms with Gasteiger partial charge in [0.25, 0.3) is 5.91 Å². The molecule has 2 unspecified atom stereocenters. The van der Waals surface area contributed by atoms with Crippen LogP contribution in [0.4, 0.5) is 0 Å². The van der Waals surface area contributed by atoms with Gasteiger partial charge < -0.3 is 19.5 Å². The van der Waals surface area contributed by atoms with E-state index in [4.69, 9.17) is 10.1 Å². The number of ether oxygens (including phenoxy) is 1. The zero-order valence-corrected chi connectivity index (χ0v) is 17.6. The SMILES string of the molecule is C=Cn1cc(C(=O)NCC2CC2CCN(CC)C(=C)OC(C)(C)C)ccc1=N. The van der Waals surface area contributed by atoms with Crippen LogP contribution in [0.5, 0.6) is 0 Å². The van der Waals surface area contributed by atoms with Crippen LogP contribution in [0.1, 0.15) is 50.9 Å². The van der Waals surface area contributed by atoms with Gasteiger partial charge in [0.2, 0.25) is 0 Å². The highest BCUT2D eigenvalue weighted by Crippen LogP contribution is 2.41. The molecule has 6 nitrogen and oxygen atoms in total. The van der Waals surface area contributed by atoms with E-state index in [2.05, 4.69) is 30.3 Å². The Morgan fingerprint density at radius 3 is 2.75 bits per heavy atom. The monoisotopic (exact) mass is 386 g/mol. The minimum atomic E-state index is -0.237. The Balaban J connectivity index is 1.75. The third-order valence-corrected chi connectivity index (χ3v) is 4.96. The second-order valence-corrected chi connectivity index (χ2v) is 8.34. The first-order valence-electron chi connectivity index (χ1n) is 9.95. The molecular weight excluding hydrogens is 352 g/mol. The summed E-state index contributed by atoms with van der Waals surface area (Å²) in [6.45, 7) is 18.4. The van der Waals surface area contributed by atoms with Crippen molar-refractivity contribution in [3.05, 3.63) is 48.4 Å². The van der Waals surface area contributed by atoms with Gasteiger partial charge in [0.1, 0.15) is 11.1 Å². The van der Waals surface area contributed by atoms with Gasteiger partial charge in [-0.3, -0.25) is 10.2 Å². The van der Waals surface area contributed by atoms with E-state index in [1.807, 2.05) is 20.8 Å². The van der Waals surface area contributed by atoms with Crippen LogP contribution in [0.25, 0.3) is 6.20 Å². The van der Waals surface area contributed by atoms with Crippen LogP contribution in [-0.2, 0) is 4.74 Å². The lowest BCUT2D eigenvalue weighted by atomic mass is 10.2. The normalized spacial score (nSPS) is 18.3. The number of hydrogen-bond donors (Lipinski definition) is 2. The number of carbonyl (C=O) groups is 1. The molecule has 2 N–H and O–H groups in total. The molecule has 1 aromatic rings. The second-order valence-electron chi connectivity index (χ2n) is 8.34. The molecule has 1 amide bonds. The molecule has 1 aromatic heterocycles. The van der Waals surface area contributed by atoms with Gasteiger partial charge in [-0.05, 0) is 71.1 Å². The van der Waals surface area contributed by atoms with Gasteiger partial charge in [-0.1, -0.05) is 6.58 Å². The Hall–Kier alpha value is -2.50. The molecule has 28 heavy (non-hydrogen) atoms. The molecule has 2 atom stereocenters. The highest BCUT2D eigenvalue weighted by Gasteiger charge is 2.37. The lowest BCUT2D eigenvalue weighted by Gasteiger charge is -2.30. The smallest absolute Gasteiger partial charge is 0.252 e. The Bertz CT molecular complexity index is 775. The van der Waals surface area contributed by atoms with Gasteiger partial charge in [0.05, 0.1) is 5.56 Å². The van der Waals surface area contributed by atoms with Gasteiger partial charge >= 0.3 is 0 Å². The standard InChI is InChI=1S/C22H34N4O2/c1-7-25(16(3)28-22(4,5)6)12-11-17-13-19(17)14-24-21(27)18-9-10-20(23)26(8-2)15-18/h8-10,15,17,19,23H,2-3,7,11-14H2,1,4-6H3,(H,24,27). The van der Waals surface area contributed by atoms with Crippen molar-refractivity contribution in [2.45, 2.75) is 46.1 Å². The first-order valence-corrected chi connectivity index (χ1v) is 9.95. The summed E-state index contributed by atoms with van der Waals surface area (Å²) in [6.07, 6.45) is 5.37. The average molecular weight is 387 g/mol. The van der Waals surface area contributed by atoms with Crippen molar-refractivity contribution in [2.75, 3.05) is 19.6 Å². The summed E-state index contributed by atoms with van der Waals surface area (Å²) in [5.41, 5.74) is 0.603. The molecule has 1 saturated carbocycles. The van der Waals surface area contributed by atoms with E-state index in [0.29, 0.717) is 29.4 Å². The van der Waals surface area contributed by atoms with Crippen molar-refractivity contribution in [3.63, 3.8) is 0 Å². The summed E-state index contributed by atoms with van der Waals surface area (Å²) in [4.78, 5) is 14.5. The summed E-state index contributed by atoms with van der Waals surface area (Å²) >= 11 is 0. The van der Waals surface area contributed by atoms with E-state index in [1.54, 1.807) is 18.3 Å². The summed E-state index contributed by atoms with van der Waals surface area (Å²) in [6, 6.07) is 3.27. The first kappa shape index (κ1) is 21.8. The fourth-order valence-corrected chi connectivity index (χ4v) is 3.24. The van der Waals surface area contributed by atoms with E-state index < -0.39 is 0 Å². The maximum atomic E-state index is 12.3. The van der Waals surface area contributed by atoms with Crippen molar-refractivity contribution in [2.24, 2.45) is 11.8 Å². The highest BCUT2D eigenvalue weighted by molar-refractivity contribution is 5.93. The summed E-state index contributed by atoms with van der Waals surface area (Å²) < 4.78 is 7.41. The molecule has 1 fully saturated rings. The molecule has 154 valence electrons. The topological polar surface area (TPSA) is 70.3 Å². The molecule has 0 saturated heterocycles. The van der Waals surface area contributed by atoms with Gasteiger partial charge in [-0.2, -0.15) is 0 Å². The maximum Gasteiger partial charge on any atom is 0.252 e. The Kier molecular flexibility index (Phi) is 7.11. The number of nitrogens with one attached hydrogen (secondary N) is 2. The largest absolute Gasteiger partial charge is 0.474 e. The molecule has 1 aliphatic carbocycles. The van der Waals surface area contributed by atoms with Crippen LogP contribution in [0.15, 0.2) is 37.4 Å². The fraction of sp³-hybridized carbons (Fsp3) is 0.545. The van der Waals surface area contributed by atoms with Crippen molar-refractivity contribution >= 4 is 12.1 Å². The Morgan fingerprint density at radius 2 is 2.14 bits per heavy atom. The average Bonchev–Trinajstić information content (AvgIpc) is 3.37. The zero-order valence-electron chi connectivity index (χ0n) is 17.6. The quantitative estimate of drug-likeness (QED) is 0.605. The zero-order chi connectivity index (χ0) is 20.9. The molecule has 0 bridgehead atoms. The minimum Gasteiger partial charge on any atom is -0.474 e. The summed E-state index contributed by atoms with van der Waals surface area (Å²) in [5, 5.41) is 10.7. The van der Waals surface area contributed by atoms with Crippen molar-refractivity contribution in [1.29, 1.82) is 5.41 Å². The van der Waals surface area contributed by atoms with Gasteiger partial charge in [-0.25, -0.2) is 0 Å². The van der Waals surface area contributed by atoms with E-state index in [-0.39, 0.29) is 11.5 Å². The third-order valence-electron chi connectivity index (χ3n) is 4.96. The maximum absolute atomic E-state index is 12.3. The molecular formula is C22H34N4O2. The molecule has 1 aliphatic rings. The van der Waals surface area contributed by atoms with Gasteiger partial charge in [0.15, 0.2) is 5.88 Å². The third kappa shape index (κ3) is 6.29. The van der Waals surface area contributed by atoms with E-state index in [0.717, 1.165) is 31.8 Å². The van der Waals surface area contributed by atoms with E-state index in [1.165, 1.54) is 10.8 Å². The Morgan fingerprint density at radius 1 is 1.43 bits per heavy atom. The highest BCUT2D eigenvalue weighted by atomic mass is 16.5. The number of hydrogen-bond acceptors (Lipinski definition) is 4. The Labute approximate surface area is 168 Å². The van der Waals surface area contributed by atoms with E-state index in [9.17, 15) is 4.79 Å². The number of amides is 1. The molecule has 0 spiro atoms. The summed E-state index contributed by atoms with van der Waals surface area (Å²) in [5.74, 6) is 1.78. The van der Waals surface area contributed by atoms with E-state index >= 15 is 0 Å². The predicted octanol–water partition coefficient (Wildman–Crippen LogP) is 3.43. The fourth-order valence-electron chi connectivity index (χ4n) is 3.24. The number of nitrogens with zero attached hydrogens (tertiary/aromatic N) is 2. The predicted molar refractivity (Wildman–Crippen MR) is 112 cm³/mol. The van der Waals surface area contributed by atoms with Crippen molar-refractivity contribution < 1.29 is 9.53 Å². The molecule has 0 aliphatic heterocycles. The van der Waals surface area contributed by atoms with Crippen LogP contribution in [-0.4, -0.2) is 40.6 Å². The van der Waals surface area contributed by atoms with Crippen molar-refractivity contribution in [1.82, 2.24) is 14.8 Å². The number of carbonyl (C=O) groups excluding carboxylic acids is 1. The van der Waals surface area contributed by atoms with Gasteiger partial charge in [0, 0.05) is 32.0 Å². The van der Waals surface area contributed by atoms with Crippen LogP contribution < -0.4 is 10.8 Å². The molecule has 0 aromatic carbocycles. The minimum absolute atomic E-state index is 0.108. The molecule has 1 heterocycles.